The molecule has 1 aromatic heterocycles. The average Bonchev–Trinajstić information content (AvgIpc) is 2.76. The Morgan fingerprint density at radius 3 is 2.59 bits per heavy atom. The van der Waals surface area contributed by atoms with Crippen molar-refractivity contribution >= 4 is 24.0 Å². The molecule has 0 bridgehead atoms. The highest BCUT2D eigenvalue weighted by molar-refractivity contribution is 5.92. The maximum atomic E-state index is 11.9. The third kappa shape index (κ3) is 7.10. The predicted octanol–water partition coefficient (Wildman–Crippen LogP) is 4.38. The molecule has 2 aromatic carbocycles. The van der Waals surface area contributed by atoms with Crippen LogP contribution in [0.25, 0.3) is 0 Å². The Bertz CT molecular complexity index is 907. The predicted molar refractivity (Wildman–Crippen MR) is 115 cm³/mol. The number of rotatable bonds is 9. The standard InChI is InChI=1S/C22H23N3O3.ClH/c1-2-28-25-22(26)21-14-19(11-12-23-21)24-15-18-9-6-10-20(13-18)27-16-17-7-4-3-5-8-17;/h3-14H,2,15-16H2,1H3,(H,23,24)(H,25,26);1H. The number of hydroxylamine groups is 1. The van der Waals surface area contributed by atoms with E-state index in [-0.39, 0.29) is 18.3 Å². The Balaban J connectivity index is 0.00000300. The van der Waals surface area contributed by atoms with Gasteiger partial charge in [-0.3, -0.25) is 14.6 Å². The maximum absolute atomic E-state index is 11.9. The van der Waals surface area contributed by atoms with Gasteiger partial charge in [-0.25, -0.2) is 5.48 Å². The van der Waals surface area contributed by atoms with E-state index in [0.717, 1.165) is 22.6 Å². The number of hydrogen-bond donors (Lipinski definition) is 2. The molecular formula is C22H24ClN3O3. The van der Waals surface area contributed by atoms with E-state index in [2.05, 4.69) is 15.8 Å². The van der Waals surface area contributed by atoms with Crippen LogP contribution in [0.1, 0.15) is 28.5 Å². The summed E-state index contributed by atoms with van der Waals surface area (Å²) in [5, 5.41) is 3.30. The van der Waals surface area contributed by atoms with Crippen LogP contribution in [0.3, 0.4) is 0 Å². The van der Waals surface area contributed by atoms with E-state index in [1.807, 2.05) is 60.7 Å². The summed E-state index contributed by atoms with van der Waals surface area (Å²) in [4.78, 5) is 20.9. The van der Waals surface area contributed by atoms with Gasteiger partial charge in [0.1, 0.15) is 18.1 Å². The lowest BCUT2D eigenvalue weighted by Crippen LogP contribution is -2.24. The van der Waals surface area contributed by atoms with Crippen LogP contribution in [0.4, 0.5) is 5.69 Å². The van der Waals surface area contributed by atoms with Gasteiger partial charge in [-0.2, -0.15) is 0 Å². The quantitative estimate of drug-likeness (QED) is 0.509. The van der Waals surface area contributed by atoms with Crippen molar-refractivity contribution in [3.8, 4) is 5.75 Å². The highest BCUT2D eigenvalue weighted by Gasteiger charge is 2.07. The first-order chi connectivity index (χ1) is 13.7. The van der Waals surface area contributed by atoms with Crippen molar-refractivity contribution in [3.05, 3.63) is 89.7 Å². The first kappa shape index (κ1) is 22.2. The lowest BCUT2D eigenvalue weighted by atomic mass is 10.2. The van der Waals surface area contributed by atoms with Crippen molar-refractivity contribution < 1.29 is 14.4 Å². The highest BCUT2D eigenvalue weighted by atomic mass is 35.5. The second kappa shape index (κ2) is 11.7. The fourth-order valence-electron chi connectivity index (χ4n) is 2.54. The van der Waals surface area contributed by atoms with E-state index in [9.17, 15) is 4.79 Å². The Hall–Kier alpha value is -3.09. The maximum Gasteiger partial charge on any atom is 0.293 e. The Morgan fingerprint density at radius 2 is 1.79 bits per heavy atom. The number of aromatic nitrogens is 1. The first-order valence-electron chi connectivity index (χ1n) is 9.12. The van der Waals surface area contributed by atoms with E-state index in [4.69, 9.17) is 9.57 Å². The molecule has 0 aliphatic carbocycles. The topological polar surface area (TPSA) is 72.5 Å². The van der Waals surface area contributed by atoms with E-state index >= 15 is 0 Å². The average molecular weight is 414 g/mol. The second-order valence-corrected chi connectivity index (χ2v) is 6.07. The molecule has 29 heavy (non-hydrogen) atoms. The van der Waals surface area contributed by atoms with Crippen LogP contribution in [0.5, 0.6) is 5.75 Å². The van der Waals surface area contributed by atoms with Crippen molar-refractivity contribution in [3.63, 3.8) is 0 Å². The van der Waals surface area contributed by atoms with Gasteiger partial charge in [-0.05, 0) is 42.3 Å². The number of benzene rings is 2. The Kier molecular flexibility index (Phi) is 8.95. The summed E-state index contributed by atoms with van der Waals surface area (Å²) < 4.78 is 5.87. The summed E-state index contributed by atoms with van der Waals surface area (Å²) in [6.45, 7) is 3.31. The van der Waals surface area contributed by atoms with Crippen LogP contribution in [0, 0.1) is 0 Å². The van der Waals surface area contributed by atoms with E-state index in [1.165, 1.54) is 0 Å². The second-order valence-electron chi connectivity index (χ2n) is 6.07. The largest absolute Gasteiger partial charge is 0.489 e. The van der Waals surface area contributed by atoms with Gasteiger partial charge in [-0.1, -0.05) is 42.5 Å². The van der Waals surface area contributed by atoms with Crippen molar-refractivity contribution in [2.75, 3.05) is 11.9 Å². The molecular weight excluding hydrogens is 390 g/mol. The number of nitrogens with zero attached hydrogens (tertiary/aromatic N) is 1. The van der Waals surface area contributed by atoms with Crippen LogP contribution in [-0.4, -0.2) is 17.5 Å². The normalized spacial score (nSPS) is 9.97. The smallest absolute Gasteiger partial charge is 0.293 e. The van der Waals surface area contributed by atoms with Crippen LogP contribution in [0.2, 0.25) is 0 Å². The zero-order valence-electron chi connectivity index (χ0n) is 16.1. The molecule has 0 saturated carbocycles. The molecule has 1 amide bonds. The summed E-state index contributed by atoms with van der Waals surface area (Å²) in [6, 6.07) is 21.5. The lowest BCUT2D eigenvalue weighted by molar-refractivity contribution is 0.0360. The van der Waals surface area contributed by atoms with Crippen molar-refractivity contribution in [2.24, 2.45) is 0 Å². The number of pyridine rings is 1. The minimum Gasteiger partial charge on any atom is -0.489 e. The molecule has 0 unspecified atom stereocenters. The molecule has 0 spiro atoms. The highest BCUT2D eigenvalue weighted by Crippen LogP contribution is 2.17. The summed E-state index contributed by atoms with van der Waals surface area (Å²) in [5.74, 6) is 0.441. The zero-order chi connectivity index (χ0) is 19.6. The molecule has 0 saturated heterocycles. The summed E-state index contributed by atoms with van der Waals surface area (Å²) in [6.07, 6.45) is 1.59. The molecule has 152 valence electrons. The van der Waals surface area contributed by atoms with Crippen LogP contribution in [0.15, 0.2) is 72.9 Å². The molecule has 1 heterocycles. The SMILES string of the molecule is CCONC(=O)c1cc(NCc2cccc(OCc3ccccc3)c2)ccn1.Cl. The van der Waals surface area contributed by atoms with Crippen molar-refractivity contribution in [1.29, 1.82) is 0 Å². The molecule has 0 aliphatic heterocycles. The van der Waals surface area contributed by atoms with Crippen molar-refractivity contribution in [1.82, 2.24) is 10.5 Å². The van der Waals surface area contributed by atoms with E-state index < -0.39 is 0 Å². The number of nitrogens with one attached hydrogen (secondary N) is 2. The van der Waals surface area contributed by atoms with Gasteiger partial charge in [0.25, 0.3) is 5.91 Å². The number of carbonyl (C=O) groups excluding carboxylic acids is 1. The van der Waals surface area contributed by atoms with E-state index in [0.29, 0.717) is 25.5 Å². The molecule has 0 aliphatic rings. The number of amides is 1. The number of hydrogen-bond acceptors (Lipinski definition) is 5. The van der Waals surface area contributed by atoms with Crippen molar-refractivity contribution in [2.45, 2.75) is 20.1 Å². The number of carbonyl (C=O) groups is 1. The van der Waals surface area contributed by atoms with Gasteiger partial charge in [0, 0.05) is 18.4 Å². The summed E-state index contributed by atoms with van der Waals surface area (Å²) >= 11 is 0. The Labute approximate surface area is 176 Å². The summed E-state index contributed by atoms with van der Waals surface area (Å²) in [7, 11) is 0. The minimum atomic E-state index is -0.373. The van der Waals surface area contributed by atoms with Gasteiger partial charge < -0.3 is 10.1 Å². The lowest BCUT2D eigenvalue weighted by Gasteiger charge is -2.10. The number of anilines is 1. The summed E-state index contributed by atoms with van der Waals surface area (Å²) in [5.41, 5.74) is 5.62. The zero-order valence-corrected chi connectivity index (χ0v) is 16.9. The molecule has 7 heteroatoms. The first-order valence-corrected chi connectivity index (χ1v) is 9.12. The van der Waals surface area contributed by atoms with Gasteiger partial charge in [0.15, 0.2) is 0 Å². The number of ether oxygens (including phenoxy) is 1. The molecule has 0 radical (unpaired) electrons. The molecule has 3 aromatic rings. The van der Waals surface area contributed by atoms with Gasteiger partial charge >= 0.3 is 0 Å². The van der Waals surface area contributed by atoms with Gasteiger partial charge in [0.2, 0.25) is 0 Å². The molecule has 3 rings (SSSR count). The van der Waals surface area contributed by atoms with Crippen LogP contribution in [-0.2, 0) is 18.0 Å². The monoisotopic (exact) mass is 413 g/mol. The fraction of sp³-hybridized carbons (Fsp3) is 0.182. The van der Waals surface area contributed by atoms with Crippen LogP contribution >= 0.6 is 12.4 Å². The van der Waals surface area contributed by atoms with Gasteiger partial charge in [-0.15, -0.1) is 12.4 Å². The third-order valence-electron chi connectivity index (χ3n) is 3.95. The molecule has 2 N–H and O–H groups in total. The minimum absolute atomic E-state index is 0. The fourth-order valence-corrected chi connectivity index (χ4v) is 2.54. The third-order valence-corrected chi connectivity index (χ3v) is 3.95. The molecule has 6 nitrogen and oxygen atoms in total. The van der Waals surface area contributed by atoms with E-state index in [1.54, 1.807) is 19.2 Å². The van der Waals surface area contributed by atoms with Crippen LogP contribution < -0.4 is 15.5 Å². The number of halogens is 1. The molecule has 0 atom stereocenters. The van der Waals surface area contributed by atoms with Gasteiger partial charge in [0.05, 0.1) is 6.61 Å². The molecule has 0 fully saturated rings. The Morgan fingerprint density at radius 1 is 1.00 bits per heavy atom.